The molecule has 1 nitrogen and oxygen atoms in total. The summed E-state index contributed by atoms with van der Waals surface area (Å²) in [7, 11) is 0. The molecule has 0 aromatic heterocycles. The summed E-state index contributed by atoms with van der Waals surface area (Å²) < 4.78 is 0. The van der Waals surface area contributed by atoms with Gasteiger partial charge in [-0.3, -0.25) is 4.79 Å². The lowest BCUT2D eigenvalue weighted by Crippen LogP contribution is -1.89. The highest BCUT2D eigenvalue weighted by Gasteiger charge is 1.90. The molecule has 0 bridgehead atoms. The van der Waals surface area contributed by atoms with Crippen molar-refractivity contribution in [2.75, 3.05) is 0 Å². The molecular formula is C8H10O. The topological polar surface area (TPSA) is 17.1 Å². The zero-order valence-electron chi connectivity index (χ0n) is 5.55. The SMILES string of the molecule is C=C/C=C/C(=C)C(C)=O. The first-order valence-corrected chi connectivity index (χ1v) is 2.67. The molecule has 0 saturated carbocycles. The highest BCUT2D eigenvalue weighted by Crippen LogP contribution is 1.92. The van der Waals surface area contributed by atoms with E-state index in [1.54, 1.807) is 18.2 Å². The van der Waals surface area contributed by atoms with Crippen molar-refractivity contribution in [3.8, 4) is 0 Å². The average Bonchev–Trinajstić information content (AvgIpc) is 1.82. The standard InChI is InChI=1S/C8H10O/c1-4-5-6-7(2)8(3)9/h4-6H,1-2H2,3H3/b6-5+. The molecule has 0 aromatic rings. The summed E-state index contributed by atoms with van der Waals surface area (Å²) in [4.78, 5) is 10.5. The Labute approximate surface area is 55.4 Å². The molecule has 0 aliphatic carbocycles. The quantitative estimate of drug-likeness (QED) is 0.412. The molecule has 0 N–H and O–H groups in total. The zero-order chi connectivity index (χ0) is 7.28. The Bertz CT molecular complexity index is 163. The fourth-order valence-electron chi connectivity index (χ4n) is 0.302. The van der Waals surface area contributed by atoms with Gasteiger partial charge in [-0.1, -0.05) is 31.4 Å². The predicted molar refractivity (Wildman–Crippen MR) is 39.2 cm³/mol. The van der Waals surface area contributed by atoms with E-state index in [1.165, 1.54) is 6.92 Å². The molecule has 0 radical (unpaired) electrons. The monoisotopic (exact) mass is 122 g/mol. The molecule has 0 aliphatic rings. The fraction of sp³-hybridized carbons (Fsp3) is 0.125. The zero-order valence-corrected chi connectivity index (χ0v) is 5.55. The Hall–Kier alpha value is -1.11. The van der Waals surface area contributed by atoms with Gasteiger partial charge in [0.25, 0.3) is 0 Å². The Morgan fingerprint density at radius 3 is 2.44 bits per heavy atom. The van der Waals surface area contributed by atoms with Crippen molar-refractivity contribution in [2.45, 2.75) is 6.92 Å². The summed E-state index contributed by atoms with van der Waals surface area (Å²) in [5.74, 6) is -0.00639. The van der Waals surface area contributed by atoms with Crippen molar-refractivity contribution < 1.29 is 4.79 Å². The second-order valence-corrected chi connectivity index (χ2v) is 1.68. The van der Waals surface area contributed by atoms with Crippen molar-refractivity contribution in [1.29, 1.82) is 0 Å². The molecular weight excluding hydrogens is 112 g/mol. The summed E-state index contributed by atoms with van der Waals surface area (Å²) in [6.45, 7) is 8.44. The molecule has 0 amide bonds. The highest BCUT2D eigenvalue weighted by atomic mass is 16.1. The third kappa shape index (κ3) is 3.47. The first-order chi connectivity index (χ1) is 4.18. The van der Waals surface area contributed by atoms with E-state index in [2.05, 4.69) is 13.2 Å². The highest BCUT2D eigenvalue weighted by molar-refractivity contribution is 5.95. The summed E-state index contributed by atoms with van der Waals surface area (Å²) >= 11 is 0. The molecule has 1 heteroatoms. The Morgan fingerprint density at radius 2 is 2.11 bits per heavy atom. The van der Waals surface area contributed by atoms with E-state index in [1.807, 2.05) is 0 Å². The van der Waals surface area contributed by atoms with Crippen LogP contribution in [-0.4, -0.2) is 5.78 Å². The maximum atomic E-state index is 10.5. The van der Waals surface area contributed by atoms with Gasteiger partial charge in [0, 0.05) is 5.57 Å². The van der Waals surface area contributed by atoms with Crippen molar-refractivity contribution in [2.24, 2.45) is 0 Å². The van der Waals surface area contributed by atoms with Gasteiger partial charge < -0.3 is 0 Å². The molecule has 9 heavy (non-hydrogen) atoms. The van der Waals surface area contributed by atoms with Crippen LogP contribution in [0.3, 0.4) is 0 Å². The average molecular weight is 122 g/mol. The van der Waals surface area contributed by atoms with Crippen LogP contribution < -0.4 is 0 Å². The van der Waals surface area contributed by atoms with Crippen LogP contribution in [0.15, 0.2) is 37.0 Å². The number of carbonyl (C=O) groups excluding carboxylic acids is 1. The smallest absolute Gasteiger partial charge is 0.159 e. The number of Topliss-reactive ketones (excluding diaryl/α,β-unsaturated/α-hetero) is 1. The minimum Gasteiger partial charge on any atom is -0.295 e. The van der Waals surface area contributed by atoms with Gasteiger partial charge in [0.05, 0.1) is 0 Å². The molecule has 0 aliphatic heterocycles. The van der Waals surface area contributed by atoms with Gasteiger partial charge in [-0.2, -0.15) is 0 Å². The molecule has 0 fully saturated rings. The van der Waals surface area contributed by atoms with E-state index in [9.17, 15) is 4.79 Å². The van der Waals surface area contributed by atoms with E-state index in [0.29, 0.717) is 5.57 Å². The maximum absolute atomic E-state index is 10.5. The van der Waals surface area contributed by atoms with Crippen LogP contribution in [-0.2, 0) is 4.79 Å². The first kappa shape index (κ1) is 7.89. The Morgan fingerprint density at radius 1 is 1.56 bits per heavy atom. The molecule has 0 saturated heterocycles. The number of rotatable bonds is 3. The van der Waals surface area contributed by atoms with Crippen molar-refractivity contribution >= 4 is 5.78 Å². The fourth-order valence-corrected chi connectivity index (χ4v) is 0.302. The molecule has 0 aromatic carbocycles. The number of allylic oxidation sites excluding steroid dienone is 4. The normalized spacial score (nSPS) is 9.44. The largest absolute Gasteiger partial charge is 0.295 e. The Balaban J connectivity index is 3.92. The van der Waals surface area contributed by atoms with Crippen LogP contribution in [0.4, 0.5) is 0 Å². The van der Waals surface area contributed by atoms with Gasteiger partial charge in [0.1, 0.15) is 0 Å². The molecule has 0 spiro atoms. The second-order valence-electron chi connectivity index (χ2n) is 1.68. The number of ketones is 1. The lowest BCUT2D eigenvalue weighted by Gasteiger charge is -1.86. The molecule has 0 unspecified atom stereocenters. The first-order valence-electron chi connectivity index (χ1n) is 2.67. The Kier molecular flexibility index (Phi) is 3.37. The van der Waals surface area contributed by atoms with Gasteiger partial charge in [-0.05, 0) is 6.92 Å². The molecule has 0 heterocycles. The number of hydrogen-bond donors (Lipinski definition) is 0. The maximum Gasteiger partial charge on any atom is 0.159 e. The summed E-state index contributed by atoms with van der Waals surface area (Å²) in [5.41, 5.74) is 0.509. The summed E-state index contributed by atoms with van der Waals surface area (Å²) in [6.07, 6.45) is 4.92. The van der Waals surface area contributed by atoms with Crippen molar-refractivity contribution in [3.05, 3.63) is 37.0 Å². The second kappa shape index (κ2) is 3.84. The van der Waals surface area contributed by atoms with Gasteiger partial charge >= 0.3 is 0 Å². The number of carbonyl (C=O) groups is 1. The van der Waals surface area contributed by atoms with E-state index in [-0.39, 0.29) is 5.78 Å². The van der Waals surface area contributed by atoms with Crippen LogP contribution in [0, 0.1) is 0 Å². The minimum atomic E-state index is -0.00639. The third-order valence-corrected chi connectivity index (χ3v) is 0.886. The van der Waals surface area contributed by atoms with Gasteiger partial charge in [0.15, 0.2) is 5.78 Å². The lowest BCUT2D eigenvalue weighted by atomic mass is 10.2. The van der Waals surface area contributed by atoms with E-state index < -0.39 is 0 Å². The third-order valence-electron chi connectivity index (χ3n) is 0.886. The molecule has 48 valence electrons. The van der Waals surface area contributed by atoms with Crippen LogP contribution in [0.1, 0.15) is 6.92 Å². The van der Waals surface area contributed by atoms with Crippen LogP contribution >= 0.6 is 0 Å². The van der Waals surface area contributed by atoms with Crippen LogP contribution in [0.5, 0.6) is 0 Å². The predicted octanol–water partition coefficient (Wildman–Crippen LogP) is 1.87. The van der Waals surface area contributed by atoms with Gasteiger partial charge in [-0.25, -0.2) is 0 Å². The van der Waals surface area contributed by atoms with E-state index >= 15 is 0 Å². The minimum absolute atomic E-state index is 0.00639. The summed E-state index contributed by atoms with van der Waals surface area (Å²) in [6, 6.07) is 0. The van der Waals surface area contributed by atoms with Crippen LogP contribution in [0.2, 0.25) is 0 Å². The number of hydrogen-bond acceptors (Lipinski definition) is 1. The van der Waals surface area contributed by atoms with E-state index in [4.69, 9.17) is 0 Å². The van der Waals surface area contributed by atoms with Gasteiger partial charge in [-0.15, -0.1) is 0 Å². The summed E-state index contributed by atoms with van der Waals surface area (Å²) in [5, 5.41) is 0. The van der Waals surface area contributed by atoms with Gasteiger partial charge in [0.2, 0.25) is 0 Å². The molecule has 0 atom stereocenters. The van der Waals surface area contributed by atoms with Crippen molar-refractivity contribution in [3.63, 3.8) is 0 Å². The van der Waals surface area contributed by atoms with E-state index in [0.717, 1.165) is 0 Å². The van der Waals surface area contributed by atoms with Crippen molar-refractivity contribution in [1.82, 2.24) is 0 Å². The van der Waals surface area contributed by atoms with Crippen LogP contribution in [0.25, 0.3) is 0 Å². The lowest BCUT2D eigenvalue weighted by molar-refractivity contribution is -0.113. The molecule has 0 rings (SSSR count).